The van der Waals surface area contributed by atoms with Gasteiger partial charge in [-0.05, 0) is 28.1 Å². The molecule has 1 aromatic carbocycles. The molecule has 3 N–H and O–H groups in total. The number of anilines is 1. The van der Waals surface area contributed by atoms with Gasteiger partial charge in [-0.25, -0.2) is 8.42 Å². The van der Waals surface area contributed by atoms with Crippen molar-refractivity contribution in [2.45, 2.75) is 4.90 Å². The molecule has 0 spiro atoms. The number of sulfonamides is 1. The molecule has 5 nitrogen and oxygen atoms in total. The van der Waals surface area contributed by atoms with Crippen molar-refractivity contribution in [3.8, 4) is 18.1 Å². The van der Waals surface area contributed by atoms with Crippen LogP contribution in [0, 0.1) is 12.3 Å². The summed E-state index contributed by atoms with van der Waals surface area (Å²) in [5.41, 5.74) is 5.93. The summed E-state index contributed by atoms with van der Waals surface area (Å²) in [6.07, 6.45) is 5.00. The molecule has 17 heavy (non-hydrogen) atoms. The smallest absolute Gasteiger partial charge is 0.245 e. The van der Waals surface area contributed by atoms with Crippen LogP contribution in [0.1, 0.15) is 0 Å². The fourth-order valence-corrected chi connectivity index (χ4v) is 2.58. The highest BCUT2D eigenvalue weighted by molar-refractivity contribution is 9.10. The monoisotopic (exact) mass is 318 g/mol. The molecule has 0 aliphatic rings. The minimum absolute atomic E-state index is 0.0454. The number of terminal acetylenes is 1. The number of rotatable bonds is 4. The van der Waals surface area contributed by atoms with Crippen molar-refractivity contribution in [2.75, 3.05) is 19.4 Å². The first kappa shape index (κ1) is 13.8. The van der Waals surface area contributed by atoms with E-state index < -0.39 is 10.0 Å². The van der Waals surface area contributed by atoms with E-state index in [1.165, 1.54) is 19.2 Å². The summed E-state index contributed by atoms with van der Waals surface area (Å²) in [5, 5.41) is 0. The van der Waals surface area contributed by atoms with Crippen molar-refractivity contribution in [1.82, 2.24) is 4.72 Å². The van der Waals surface area contributed by atoms with Gasteiger partial charge in [0.05, 0.1) is 13.7 Å². The molecule has 0 bridgehead atoms. The van der Waals surface area contributed by atoms with E-state index in [9.17, 15) is 8.42 Å². The Labute approximate surface area is 109 Å². The van der Waals surface area contributed by atoms with E-state index in [0.29, 0.717) is 10.2 Å². The van der Waals surface area contributed by atoms with E-state index in [1.54, 1.807) is 0 Å². The lowest BCUT2D eigenvalue weighted by molar-refractivity contribution is 0.402. The van der Waals surface area contributed by atoms with Crippen LogP contribution >= 0.6 is 15.9 Å². The maximum atomic E-state index is 11.9. The van der Waals surface area contributed by atoms with Gasteiger partial charge in [-0.1, -0.05) is 5.92 Å². The molecule has 1 aromatic rings. The van der Waals surface area contributed by atoms with Gasteiger partial charge in [-0.2, -0.15) is 4.72 Å². The van der Waals surface area contributed by atoms with Crippen LogP contribution in [0.15, 0.2) is 21.5 Å². The van der Waals surface area contributed by atoms with Gasteiger partial charge >= 0.3 is 0 Å². The van der Waals surface area contributed by atoms with Crippen molar-refractivity contribution in [3.05, 3.63) is 16.6 Å². The molecule has 1 rings (SSSR count). The van der Waals surface area contributed by atoms with Crippen molar-refractivity contribution in [1.29, 1.82) is 0 Å². The van der Waals surface area contributed by atoms with E-state index in [-0.39, 0.29) is 17.2 Å². The summed E-state index contributed by atoms with van der Waals surface area (Å²) in [7, 11) is -2.35. The topological polar surface area (TPSA) is 81.4 Å². The molecule has 0 unspecified atom stereocenters. The van der Waals surface area contributed by atoms with Crippen molar-refractivity contribution in [2.24, 2.45) is 0 Å². The number of halogens is 1. The Bertz CT molecular complexity index is 564. The molecular weight excluding hydrogens is 308 g/mol. The third kappa shape index (κ3) is 3.12. The standard InChI is InChI=1S/C10H11BrN2O3S/c1-3-4-13-17(14,15)10-6-8(12)7(11)5-9(10)16-2/h1,5-6,13H,4,12H2,2H3. The zero-order valence-corrected chi connectivity index (χ0v) is 11.4. The predicted octanol–water partition coefficient (Wildman–Crippen LogP) is 0.951. The Morgan fingerprint density at radius 3 is 2.76 bits per heavy atom. The Morgan fingerprint density at radius 2 is 2.24 bits per heavy atom. The fourth-order valence-electron chi connectivity index (χ4n) is 1.13. The maximum Gasteiger partial charge on any atom is 0.245 e. The van der Waals surface area contributed by atoms with Crippen molar-refractivity contribution in [3.63, 3.8) is 0 Å². The van der Waals surface area contributed by atoms with Crippen LogP contribution in [-0.2, 0) is 10.0 Å². The molecule has 0 aromatic heterocycles. The number of hydrogen-bond acceptors (Lipinski definition) is 4. The maximum absolute atomic E-state index is 11.9. The molecule has 92 valence electrons. The highest BCUT2D eigenvalue weighted by Gasteiger charge is 2.20. The van der Waals surface area contributed by atoms with Crippen LogP contribution in [0.4, 0.5) is 5.69 Å². The van der Waals surface area contributed by atoms with Crippen LogP contribution in [0.2, 0.25) is 0 Å². The molecule has 0 saturated heterocycles. The van der Waals surface area contributed by atoms with Gasteiger partial charge in [0.25, 0.3) is 0 Å². The molecule has 0 amide bonds. The zero-order chi connectivity index (χ0) is 13.1. The number of hydrogen-bond donors (Lipinski definition) is 2. The van der Waals surface area contributed by atoms with Gasteiger partial charge in [0, 0.05) is 10.2 Å². The van der Waals surface area contributed by atoms with E-state index in [1.807, 2.05) is 0 Å². The minimum Gasteiger partial charge on any atom is -0.495 e. The number of methoxy groups -OCH3 is 1. The third-order valence-electron chi connectivity index (χ3n) is 1.94. The SMILES string of the molecule is C#CCNS(=O)(=O)c1cc(N)c(Br)cc1OC. The first-order chi connectivity index (χ1) is 7.92. The Hall–Kier alpha value is -1.23. The van der Waals surface area contributed by atoms with Crippen LogP contribution in [0.5, 0.6) is 5.75 Å². The number of nitrogens with two attached hydrogens (primary N) is 1. The largest absolute Gasteiger partial charge is 0.495 e. The molecule has 7 heteroatoms. The Balaban J connectivity index is 3.31. The summed E-state index contributed by atoms with van der Waals surface area (Å²) in [4.78, 5) is -0.0454. The molecule has 0 saturated carbocycles. The number of benzene rings is 1. The molecule has 0 heterocycles. The van der Waals surface area contributed by atoms with Crippen molar-refractivity contribution < 1.29 is 13.2 Å². The minimum atomic E-state index is -3.72. The second-order valence-electron chi connectivity index (χ2n) is 3.05. The van der Waals surface area contributed by atoms with Crippen LogP contribution in [0.25, 0.3) is 0 Å². The summed E-state index contributed by atoms with van der Waals surface area (Å²) in [6.45, 7) is -0.0958. The van der Waals surface area contributed by atoms with E-state index in [4.69, 9.17) is 16.9 Å². The first-order valence-electron chi connectivity index (χ1n) is 4.48. The van der Waals surface area contributed by atoms with E-state index in [0.717, 1.165) is 0 Å². The molecule has 0 atom stereocenters. The lowest BCUT2D eigenvalue weighted by atomic mass is 10.3. The summed E-state index contributed by atoms with van der Waals surface area (Å²) >= 11 is 3.19. The average Bonchev–Trinajstić information content (AvgIpc) is 2.29. The van der Waals surface area contributed by atoms with Crippen molar-refractivity contribution >= 4 is 31.6 Å². The van der Waals surface area contributed by atoms with E-state index in [2.05, 4.69) is 26.6 Å². The summed E-state index contributed by atoms with van der Waals surface area (Å²) in [5.74, 6) is 2.38. The van der Waals surface area contributed by atoms with E-state index >= 15 is 0 Å². The molecule has 0 aliphatic heterocycles. The number of nitrogen functional groups attached to an aromatic ring is 1. The molecule has 0 radical (unpaired) electrons. The Kier molecular flexibility index (Phi) is 4.40. The number of nitrogens with one attached hydrogen (secondary N) is 1. The molecular formula is C10H11BrN2O3S. The predicted molar refractivity (Wildman–Crippen MR) is 69.1 cm³/mol. The van der Waals surface area contributed by atoms with Crippen LogP contribution in [-0.4, -0.2) is 22.1 Å². The second kappa shape index (κ2) is 5.40. The quantitative estimate of drug-likeness (QED) is 0.639. The van der Waals surface area contributed by atoms with Gasteiger partial charge in [0.15, 0.2) is 0 Å². The Morgan fingerprint density at radius 1 is 1.59 bits per heavy atom. The third-order valence-corrected chi connectivity index (χ3v) is 4.05. The second-order valence-corrected chi connectivity index (χ2v) is 5.64. The summed E-state index contributed by atoms with van der Waals surface area (Å²) in [6, 6.07) is 2.79. The molecule has 0 aliphatic carbocycles. The zero-order valence-electron chi connectivity index (χ0n) is 9.03. The normalized spacial score (nSPS) is 10.9. The van der Waals surface area contributed by atoms with Gasteiger partial charge in [-0.3, -0.25) is 0 Å². The van der Waals surface area contributed by atoms with Gasteiger partial charge in [0.2, 0.25) is 10.0 Å². The van der Waals surface area contributed by atoms with Gasteiger partial charge in [0.1, 0.15) is 10.6 Å². The fraction of sp³-hybridized carbons (Fsp3) is 0.200. The van der Waals surface area contributed by atoms with Gasteiger partial charge in [-0.15, -0.1) is 6.42 Å². The first-order valence-corrected chi connectivity index (χ1v) is 6.76. The van der Waals surface area contributed by atoms with Crippen LogP contribution < -0.4 is 15.2 Å². The lowest BCUT2D eigenvalue weighted by Crippen LogP contribution is -2.24. The summed E-state index contributed by atoms with van der Waals surface area (Å²) < 4.78 is 31.5. The highest BCUT2D eigenvalue weighted by Crippen LogP contribution is 2.31. The van der Waals surface area contributed by atoms with Gasteiger partial charge < -0.3 is 10.5 Å². The average molecular weight is 319 g/mol. The lowest BCUT2D eigenvalue weighted by Gasteiger charge is -2.11. The molecule has 0 fully saturated rings. The number of ether oxygens (including phenoxy) is 1. The van der Waals surface area contributed by atoms with Crippen LogP contribution in [0.3, 0.4) is 0 Å². The highest BCUT2D eigenvalue weighted by atomic mass is 79.9.